The van der Waals surface area contributed by atoms with Crippen molar-refractivity contribution in [2.75, 3.05) is 6.54 Å². The molecule has 0 saturated carbocycles. The number of aryl methyl sites for hydroxylation is 1. The molecule has 1 aliphatic heterocycles. The minimum Gasteiger partial charge on any atom is -0.352 e. The van der Waals surface area contributed by atoms with E-state index in [0.717, 1.165) is 60.6 Å². The molecule has 0 radical (unpaired) electrons. The van der Waals surface area contributed by atoms with Crippen LogP contribution in [0.2, 0.25) is 0 Å². The van der Waals surface area contributed by atoms with Gasteiger partial charge in [-0.3, -0.25) is 9.59 Å². The van der Waals surface area contributed by atoms with Gasteiger partial charge in [0, 0.05) is 28.6 Å². The lowest BCUT2D eigenvalue weighted by atomic mass is 9.91. The number of unbranched alkanes of at least 4 members (excludes halogenated alkanes) is 3. The molecule has 25 heavy (non-hydrogen) atoms. The first-order valence-electron chi connectivity index (χ1n) is 9.64. The Morgan fingerprint density at radius 2 is 1.72 bits per heavy atom. The maximum atomic E-state index is 12.7. The number of pyridine rings is 1. The van der Waals surface area contributed by atoms with Crippen LogP contribution in [-0.2, 0) is 19.3 Å². The van der Waals surface area contributed by atoms with Crippen molar-refractivity contribution in [2.24, 2.45) is 0 Å². The summed E-state index contributed by atoms with van der Waals surface area (Å²) in [5.41, 5.74) is 4.77. The van der Waals surface area contributed by atoms with Gasteiger partial charge in [0.05, 0.1) is 0 Å². The van der Waals surface area contributed by atoms with E-state index >= 15 is 0 Å². The number of aromatic amines is 1. The Labute approximate surface area is 149 Å². The average Bonchev–Trinajstić information content (AvgIpc) is 2.60. The third-order valence-electron chi connectivity index (χ3n) is 5.19. The topological polar surface area (TPSA) is 62.0 Å². The highest BCUT2D eigenvalue weighted by Crippen LogP contribution is 2.27. The van der Waals surface area contributed by atoms with E-state index < -0.39 is 0 Å². The largest absolute Gasteiger partial charge is 0.352 e. The molecule has 1 aromatic carbocycles. The number of carbonyl (C=O) groups excluding carboxylic acids is 1. The molecule has 0 fully saturated rings. The molecule has 0 aliphatic carbocycles. The average molecular weight is 340 g/mol. The first kappa shape index (κ1) is 17.7. The van der Waals surface area contributed by atoms with Gasteiger partial charge in [0.2, 0.25) is 0 Å². The van der Waals surface area contributed by atoms with Crippen molar-refractivity contribution < 1.29 is 4.79 Å². The third-order valence-corrected chi connectivity index (χ3v) is 5.19. The lowest BCUT2D eigenvalue weighted by molar-refractivity contribution is 0.0946. The van der Waals surface area contributed by atoms with Crippen LogP contribution < -0.4 is 10.9 Å². The molecule has 3 rings (SSSR count). The van der Waals surface area contributed by atoms with Crippen LogP contribution in [0.4, 0.5) is 0 Å². The normalized spacial score (nSPS) is 13.8. The summed E-state index contributed by atoms with van der Waals surface area (Å²) in [6.07, 6.45) is 8.19. The molecular formula is C21H28N2O2. The van der Waals surface area contributed by atoms with Crippen molar-refractivity contribution in [1.82, 2.24) is 10.3 Å². The highest BCUT2D eigenvalue weighted by molar-refractivity contribution is 6.01. The summed E-state index contributed by atoms with van der Waals surface area (Å²) < 4.78 is 0. The van der Waals surface area contributed by atoms with Crippen LogP contribution in [0, 0.1) is 0 Å². The Balaban J connectivity index is 2.16. The Morgan fingerprint density at radius 3 is 2.48 bits per heavy atom. The Bertz CT molecular complexity index is 836. The van der Waals surface area contributed by atoms with E-state index in [2.05, 4.69) is 30.2 Å². The van der Waals surface area contributed by atoms with Crippen LogP contribution in [0.15, 0.2) is 16.9 Å². The van der Waals surface area contributed by atoms with E-state index in [-0.39, 0.29) is 11.5 Å². The van der Waals surface area contributed by atoms with Gasteiger partial charge in [0.1, 0.15) is 0 Å². The van der Waals surface area contributed by atoms with E-state index in [0.29, 0.717) is 12.1 Å². The molecule has 134 valence electrons. The number of amides is 1. The summed E-state index contributed by atoms with van der Waals surface area (Å²) in [5.74, 6) is -0.0356. The summed E-state index contributed by atoms with van der Waals surface area (Å²) in [6, 6.07) is 4.02. The number of aromatic nitrogens is 1. The number of nitrogens with one attached hydrogen (secondary N) is 2. The molecule has 0 saturated heterocycles. The molecule has 2 N–H and O–H groups in total. The molecule has 4 heteroatoms. The van der Waals surface area contributed by atoms with Crippen molar-refractivity contribution in [3.63, 3.8) is 0 Å². The predicted octanol–water partition coefficient (Wildman–Crippen LogP) is 3.89. The first-order valence-corrected chi connectivity index (χ1v) is 9.64. The Kier molecular flexibility index (Phi) is 5.57. The van der Waals surface area contributed by atoms with E-state index in [4.69, 9.17) is 0 Å². The summed E-state index contributed by atoms with van der Waals surface area (Å²) in [7, 11) is 0. The van der Waals surface area contributed by atoms with E-state index in [1.165, 1.54) is 18.4 Å². The number of rotatable bonds is 7. The number of hydrogen-bond acceptors (Lipinski definition) is 2. The summed E-state index contributed by atoms with van der Waals surface area (Å²) in [4.78, 5) is 27.8. The van der Waals surface area contributed by atoms with Gasteiger partial charge in [0.15, 0.2) is 0 Å². The van der Waals surface area contributed by atoms with Gasteiger partial charge in [-0.05, 0) is 55.4 Å². The maximum absolute atomic E-state index is 12.7. The van der Waals surface area contributed by atoms with Gasteiger partial charge in [-0.2, -0.15) is 0 Å². The second kappa shape index (κ2) is 7.85. The van der Waals surface area contributed by atoms with Gasteiger partial charge in [0.25, 0.3) is 11.5 Å². The molecule has 0 atom stereocenters. The molecule has 2 aromatic rings. The second-order valence-electron chi connectivity index (χ2n) is 7.03. The number of carbonyl (C=O) groups is 1. The fourth-order valence-electron chi connectivity index (χ4n) is 3.77. The molecular weight excluding hydrogens is 312 g/mol. The fraction of sp³-hybridized carbons (Fsp3) is 0.524. The summed E-state index contributed by atoms with van der Waals surface area (Å²) in [5, 5.41) is 4.02. The Hall–Kier alpha value is -2.10. The fourth-order valence-corrected chi connectivity index (χ4v) is 3.77. The first-order chi connectivity index (χ1) is 12.2. The predicted molar refractivity (Wildman–Crippen MR) is 102 cm³/mol. The molecule has 1 aliphatic rings. The van der Waals surface area contributed by atoms with E-state index in [1.807, 2.05) is 6.07 Å². The zero-order valence-corrected chi connectivity index (χ0v) is 15.3. The van der Waals surface area contributed by atoms with Crippen molar-refractivity contribution in [3.8, 4) is 0 Å². The standard InChI is InChI=1S/C21H28N2O2/c1-3-5-7-9-15-16(8-6-4-2)21(25)23-19-13-17-14(12-18(15)19)10-11-22-20(17)24/h12-13H,3-11H2,1-2H3,(H,22,24)(H,23,25). The quantitative estimate of drug-likeness (QED) is 0.751. The monoisotopic (exact) mass is 340 g/mol. The lowest BCUT2D eigenvalue weighted by Gasteiger charge is -2.19. The maximum Gasteiger partial charge on any atom is 0.251 e. The smallest absolute Gasteiger partial charge is 0.251 e. The summed E-state index contributed by atoms with van der Waals surface area (Å²) in [6.45, 7) is 5.04. The molecule has 0 spiro atoms. The summed E-state index contributed by atoms with van der Waals surface area (Å²) >= 11 is 0. The molecule has 2 heterocycles. The number of H-pyrrole nitrogens is 1. The molecule has 0 bridgehead atoms. The van der Waals surface area contributed by atoms with Crippen LogP contribution in [0.5, 0.6) is 0 Å². The van der Waals surface area contributed by atoms with Crippen LogP contribution >= 0.6 is 0 Å². The van der Waals surface area contributed by atoms with E-state index in [1.54, 1.807) is 0 Å². The van der Waals surface area contributed by atoms with Gasteiger partial charge < -0.3 is 10.3 Å². The van der Waals surface area contributed by atoms with Gasteiger partial charge in [-0.1, -0.05) is 33.1 Å². The zero-order chi connectivity index (χ0) is 17.8. The lowest BCUT2D eigenvalue weighted by Crippen LogP contribution is -2.32. The van der Waals surface area contributed by atoms with Crippen LogP contribution in [0.3, 0.4) is 0 Å². The number of benzene rings is 1. The van der Waals surface area contributed by atoms with Gasteiger partial charge in [-0.15, -0.1) is 0 Å². The number of hydrogen-bond donors (Lipinski definition) is 2. The highest BCUT2D eigenvalue weighted by Gasteiger charge is 2.20. The van der Waals surface area contributed by atoms with Crippen molar-refractivity contribution >= 4 is 16.8 Å². The zero-order valence-electron chi connectivity index (χ0n) is 15.3. The minimum absolute atomic E-state index is 0.0172. The number of fused-ring (bicyclic) bond motifs is 2. The van der Waals surface area contributed by atoms with Crippen molar-refractivity contribution in [3.05, 3.63) is 44.7 Å². The van der Waals surface area contributed by atoms with Crippen LogP contribution in [0.25, 0.3) is 10.9 Å². The SMILES string of the molecule is CCCCCc1c(CCCC)c(=O)[nH]c2cc3c(cc12)CCNC3=O. The van der Waals surface area contributed by atoms with Crippen LogP contribution in [0.1, 0.15) is 73.0 Å². The Morgan fingerprint density at radius 1 is 0.960 bits per heavy atom. The minimum atomic E-state index is -0.0356. The second-order valence-corrected chi connectivity index (χ2v) is 7.03. The highest BCUT2D eigenvalue weighted by atomic mass is 16.1. The molecule has 1 amide bonds. The molecule has 1 aromatic heterocycles. The molecule has 0 unspecified atom stereocenters. The van der Waals surface area contributed by atoms with Gasteiger partial charge >= 0.3 is 0 Å². The van der Waals surface area contributed by atoms with E-state index in [9.17, 15) is 9.59 Å². The third kappa shape index (κ3) is 3.63. The van der Waals surface area contributed by atoms with Crippen molar-refractivity contribution in [1.29, 1.82) is 0 Å². The van der Waals surface area contributed by atoms with Crippen molar-refractivity contribution in [2.45, 2.75) is 65.2 Å². The van der Waals surface area contributed by atoms with Gasteiger partial charge in [-0.25, -0.2) is 0 Å². The molecule has 4 nitrogen and oxygen atoms in total. The van der Waals surface area contributed by atoms with Crippen LogP contribution in [-0.4, -0.2) is 17.4 Å².